The molecule has 0 amide bonds. The van der Waals surface area contributed by atoms with E-state index in [-0.39, 0.29) is 4.90 Å². The maximum Gasteiger partial charge on any atom is 0.242 e. The zero-order chi connectivity index (χ0) is 19.4. The van der Waals surface area contributed by atoms with E-state index in [0.717, 1.165) is 32.0 Å². The number of nitrogens with one attached hydrogen (secondary N) is 1. The van der Waals surface area contributed by atoms with Crippen LogP contribution in [0.5, 0.6) is 0 Å². The summed E-state index contributed by atoms with van der Waals surface area (Å²) in [7, 11) is -0.445. The largest absolute Gasteiger partial charge is 0.353 e. The van der Waals surface area contributed by atoms with Crippen LogP contribution in [0.2, 0.25) is 0 Å². The number of rotatable bonds is 4. The summed E-state index contributed by atoms with van der Waals surface area (Å²) < 4.78 is 25.8. The van der Waals surface area contributed by atoms with E-state index in [2.05, 4.69) is 20.1 Å². The minimum Gasteiger partial charge on any atom is -0.353 e. The fourth-order valence-corrected chi connectivity index (χ4v) is 4.08. The molecule has 0 atom stereocenters. The molecule has 1 aliphatic heterocycles. The summed E-state index contributed by atoms with van der Waals surface area (Å²) in [5.74, 6) is 0.970. The highest BCUT2D eigenvalue weighted by Gasteiger charge is 2.21. The minimum atomic E-state index is -3.48. The van der Waals surface area contributed by atoms with E-state index in [1.54, 1.807) is 24.4 Å². The SMILES string of the molecule is CN(C)S(=O)(=O)c1cccc(NC(=S)N2CCN(c3ccccn3)CC2)c1. The van der Waals surface area contributed by atoms with Crippen LogP contribution in [0.25, 0.3) is 0 Å². The molecule has 0 bridgehead atoms. The van der Waals surface area contributed by atoms with E-state index in [4.69, 9.17) is 12.2 Å². The Morgan fingerprint density at radius 2 is 1.85 bits per heavy atom. The van der Waals surface area contributed by atoms with Crippen molar-refractivity contribution in [1.29, 1.82) is 0 Å². The Morgan fingerprint density at radius 3 is 2.48 bits per heavy atom. The zero-order valence-corrected chi connectivity index (χ0v) is 17.0. The monoisotopic (exact) mass is 405 g/mol. The molecule has 0 unspecified atom stereocenters. The lowest BCUT2D eigenvalue weighted by Gasteiger charge is -2.36. The van der Waals surface area contributed by atoms with Gasteiger partial charge in [0.05, 0.1) is 4.90 Å². The van der Waals surface area contributed by atoms with Gasteiger partial charge in [0.1, 0.15) is 5.82 Å². The van der Waals surface area contributed by atoms with Gasteiger partial charge >= 0.3 is 0 Å². The van der Waals surface area contributed by atoms with Gasteiger partial charge in [0, 0.05) is 52.2 Å². The van der Waals surface area contributed by atoms with E-state index in [1.165, 1.54) is 18.4 Å². The fourth-order valence-electron chi connectivity index (χ4n) is 2.83. The van der Waals surface area contributed by atoms with Gasteiger partial charge in [-0.05, 0) is 42.5 Å². The molecule has 1 aromatic heterocycles. The molecule has 144 valence electrons. The summed E-state index contributed by atoms with van der Waals surface area (Å²) in [5, 5.41) is 3.75. The molecule has 2 heterocycles. The Balaban J connectivity index is 1.62. The normalized spacial score (nSPS) is 15.1. The van der Waals surface area contributed by atoms with Crippen molar-refractivity contribution in [2.45, 2.75) is 4.90 Å². The number of anilines is 2. The number of benzene rings is 1. The number of aromatic nitrogens is 1. The summed E-state index contributed by atoms with van der Waals surface area (Å²) in [6.45, 7) is 3.21. The van der Waals surface area contributed by atoms with Gasteiger partial charge in [-0.25, -0.2) is 17.7 Å². The predicted octanol–water partition coefficient (Wildman–Crippen LogP) is 1.85. The molecule has 0 spiro atoms. The first-order chi connectivity index (χ1) is 12.9. The quantitative estimate of drug-likeness (QED) is 0.779. The third-order valence-electron chi connectivity index (χ3n) is 4.40. The van der Waals surface area contributed by atoms with Crippen molar-refractivity contribution >= 4 is 38.9 Å². The average molecular weight is 406 g/mol. The van der Waals surface area contributed by atoms with Gasteiger partial charge < -0.3 is 15.1 Å². The van der Waals surface area contributed by atoms with Gasteiger partial charge in [-0.3, -0.25) is 0 Å². The fraction of sp³-hybridized carbons (Fsp3) is 0.333. The number of piperazine rings is 1. The Labute approximate surface area is 165 Å². The molecule has 1 saturated heterocycles. The van der Waals surface area contributed by atoms with Crippen LogP contribution in [0.3, 0.4) is 0 Å². The highest BCUT2D eigenvalue weighted by molar-refractivity contribution is 7.89. The van der Waals surface area contributed by atoms with Gasteiger partial charge in [0.25, 0.3) is 0 Å². The molecule has 0 saturated carbocycles. The Hall–Kier alpha value is -2.23. The maximum atomic E-state index is 12.3. The number of nitrogens with zero attached hydrogens (tertiary/aromatic N) is 4. The van der Waals surface area contributed by atoms with E-state index in [0.29, 0.717) is 10.8 Å². The van der Waals surface area contributed by atoms with Crippen molar-refractivity contribution in [3.05, 3.63) is 48.7 Å². The maximum absolute atomic E-state index is 12.3. The number of thiocarbonyl (C=S) groups is 1. The molecule has 3 rings (SSSR count). The van der Waals surface area contributed by atoms with Crippen LogP contribution in [0.15, 0.2) is 53.6 Å². The topological polar surface area (TPSA) is 68.8 Å². The average Bonchev–Trinajstić information content (AvgIpc) is 2.69. The molecule has 1 aliphatic rings. The summed E-state index contributed by atoms with van der Waals surface area (Å²) in [4.78, 5) is 8.93. The van der Waals surface area contributed by atoms with E-state index in [1.807, 2.05) is 24.3 Å². The molecule has 0 radical (unpaired) electrons. The first kappa shape index (κ1) is 19.5. The second-order valence-corrected chi connectivity index (χ2v) is 8.95. The first-order valence-electron chi connectivity index (χ1n) is 8.62. The summed E-state index contributed by atoms with van der Waals surface area (Å²) in [5.41, 5.74) is 0.662. The van der Waals surface area contributed by atoms with Gasteiger partial charge in [-0.2, -0.15) is 0 Å². The van der Waals surface area contributed by atoms with Crippen LogP contribution in [-0.2, 0) is 10.0 Å². The van der Waals surface area contributed by atoms with Crippen LogP contribution in [0.4, 0.5) is 11.5 Å². The van der Waals surface area contributed by atoms with E-state index >= 15 is 0 Å². The second-order valence-electron chi connectivity index (χ2n) is 6.41. The predicted molar refractivity (Wildman–Crippen MR) is 112 cm³/mol. The molecule has 2 aromatic rings. The molecule has 0 aliphatic carbocycles. The molecular weight excluding hydrogens is 382 g/mol. The first-order valence-corrected chi connectivity index (χ1v) is 10.5. The molecule has 27 heavy (non-hydrogen) atoms. The van der Waals surface area contributed by atoms with Crippen LogP contribution < -0.4 is 10.2 Å². The van der Waals surface area contributed by atoms with Crippen molar-refractivity contribution in [3.63, 3.8) is 0 Å². The number of hydrogen-bond acceptors (Lipinski definition) is 5. The third kappa shape index (κ3) is 4.55. The zero-order valence-electron chi connectivity index (χ0n) is 15.4. The molecule has 7 nitrogen and oxygen atoms in total. The van der Waals surface area contributed by atoms with Gasteiger partial charge in [-0.15, -0.1) is 0 Å². The standard InChI is InChI=1S/C18H23N5O2S2/c1-21(2)27(24,25)16-7-5-6-15(14-16)20-18(26)23-12-10-22(11-13-23)17-8-3-4-9-19-17/h3-9,14H,10-13H2,1-2H3,(H,20,26). The Morgan fingerprint density at radius 1 is 1.11 bits per heavy atom. The Kier molecular flexibility index (Phi) is 5.93. The van der Waals surface area contributed by atoms with Crippen molar-refractivity contribution in [2.75, 3.05) is 50.5 Å². The smallest absolute Gasteiger partial charge is 0.242 e. The molecule has 1 N–H and O–H groups in total. The summed E-state index contributed by atoms with van der Waals surface area (Å²) >= 11 is 5.52. The minimum absolute atomic E-state index is 0.236. The van der Waals surface area contributed by atoms with Crippen molar-refractivity contribution in [2.24, 2.45) is 0 Å². The van der Waals surface area contributed by atoms with Gasteiger partial charge in [-0.1, -0.05) is 12.1 Å². The van der Waals surface area contributed by atoms with Gasteiger partial charge in [0.2, 0.25) is 10.0 Å². The molecule has 1 fully saturated rings. The van der Waals surface area contributed by atoms with Crippen LogP contribution in [0.1, 0.15) is 0 Å². The third-order valence-corrected chi connectivity index (χ3v) is 6.58. The van der Waals surface area contributed by atoms with Crippen molar-refractivity contribution < 1.29 is 8.42 Å². The van der Waals surface area contributed by atoms with Crippen LogP contribution in [0, 0.1) is 0 Å². The van der Waals surface area contributed by atoms with Crippen molar-refractivity contribution in [3.8, 4) is 0 Å². The Bertz CT molecular complexity index is 895. The van der Waals surface area contributed by atoms with Crippen LogP contribution >= 0.6 is 12.2 Å². The molecular formula is C18H23N5O2S2. The summed E-state index contributed by atoms with van der Waals surface area (Å²) in [6.07, 6.45) is 1.79. The number of sulfonamides is 1. The van der Waals surface area contributed by atoms with E-state index < -0.39 is 10.0 Å². The van der Waals surface area contributed by atoms with Crippen LogP contribution in [-0.4, -0.2) is 68.0 Å². The molecule has 1 aromatic carbocycles. The number of hydrogen-bond donors (Lipinski definition) is 1. The lowest BCUT2D eigenvalue weighted by molar-refractivity contribution is 0.389. The van der Waals surface area contributed by atoms with E-state index in [9.17, 15) is 8.42 Å². The highest BCUT2D eigenvalue weighted by atomic mass is 32.2. The second kappa shape index (κ2) is 8.20. The lowest BCUT2D eigenvalue weighted by atomic mass is 10.3. The van der Waals surface area contributed by atoms with Crippen molar-refractivity contribution in [1.82, 2.24) is 14.2 Å². The summed E-state index contributed by atoms with van der Waals surface area (Å²) in [6, 6.07) is 12.6. The van der Waals surface area contributed by atoms with Gasteiger partial charge in [0.15, 0.2) is 5.11 Å². The molecule has 9 heteroatoms. The lowest BCUT2D eigenvalue weighted by Crippen LogP contribution is -2.50. The number of pyridine rings is 1. The highest BCUT2D eigenvalue weighted by Crippen LogP contribution is 2.19.